The number of ether oxygens (including phenoxy) is 1. The lowest BCUT2D eigenvalue weighted by atomic mass is 9.95. The van der Waals surface area contributed by atoms with Crippen molar-refractivity contribution in [1.29, 1.82) is 0 Å². The second-order valence-electron chi connectivity index (χ2n) is 5.86. The summed E-state index contributed by atoms with van der Waals surface area (Å²) < 4.78 is 5.85. The molecule has 2 heterocycles. The zero-order valence-corrected chi connectivity index (χ0v) is 12.7. The van der Waals surface area contributed by atoms with E-state index in [1.165, 1.54) is 35.6 Å². The predicted molar refractivity (Wildman–Crippen MR) is 86.4 cm³/mol. The van der Waals surface area contributed by atoms with E-state index in [0.29, 0.717) is 12.1 Å². The Hall–Kier alpha value is -1.45. The molecule has 112 valence electrons. The lowest BCUT2D eigenvalue weighted by molar-refractivity contribution is 0.00868. The van der Waals surface area contributed by atoms with Gasteiger partial charge in [0.05, 0.1) is 6.10 Å². The third-order valence-electron chi connectivity index (χ3n) is 4.47. The van der Waals surface area contributed by atoms with Gasteiger partial charge in [0, 0.05) is 30.4 Å². The lowest BCUT2D eigenvalue weighted by Crippen LogP contribution is -2.23. The van der Waals surface area contributed by atoms with Gasteiger partial charge in [0.25, 0.3) is 0 Å². The fraction of sp³-hybridized carbons (Fsp3) is 0.500. The Morgan fingerprint density at radius 1 is 1.29 bits per heavy atom. The van der Waals surface area contributed by atoms with Gasteiger partial charge in [-0.15, -0.1) is 0 Å². The van der Waals surface area contributed by atoms with Gasteiger partial charge in [0.2, 0.25) is 0 Å². The molecule has 0 aliphatic carbocycles. The lowest BCUT2D eigenvalue weighted by Gasteiger charge is -2.25. The highest BCUT2D eigenvalue weighted by atomic mass is 16.5. The van der Waals surface area contributed by atoms with Crippen LogP contribution in [0.2, 0.25) is 0 Å². The summed E-state index contributed by atoms with van der Waals surface area (Å²) >= 11 is 0. The Balaban J connectivity index is 1.75. The number of hydrogen-bond donors (Lipinski definition) is 1. The van der Waals surface area contributed by atoms with Crippen molar-refractivity contribution < 1.29 is 4.74 Å². The van der Waals surface area contributed by atoms with Crippen molar-refractivity contribution in [1.82, 2.24) is 10.3 Å². The van der Waals surface area contributed by atoms with E-state index in [4.69, 9.17) is 4.74 Å². The van der Waals surface area contributed by atoms with Crippen LogP contribution in [-0.4, -0.2) is 24.7 Å². The van der Waals surface area contributed by atoms with Crippen LogP contribution in [-0.2, 0) is 4.74 Å². The van der Waals surface area contributed by atoms with Crippen LogP contribution < -0.4 is 5.32 Å². The molecular weight excluding hydrogens is 260 g/mol. The van der Waals surface area contributed by atoms with Crippen molar-refractivity contribution in [3.63, 3.8) is 0 Å². The van der Waals surface area contributed by atoms with Gasteiger partial charge < -0.3 is 10.1 Å². The highest BCUT2D eigenvalue weighted by Crippen LogP contribution is 2.28. The topological polar surface area (TPSA) is 34.1 Å². The number of pyridine rings is 1. The number of benzene rings is 1. The maximum Gasteiger partial charge on any atom is 0.0575 e. The molecule has 1 N–H and O–H groups in total. The van der Waals surface area contributed by atoms with Gasteiger partial charge >= 0.3 is 0 Å². The highest BCUT2D eigenvalue weighted by Gasteiger charge is 2.18. The van der Waals surface area contributed by atoms with Crippen molar-refractivity contribution in [3.05, 3.63) is 42.2 Å². The van der Waals surface area contributed by atoms with E-state index < -0.39 is 0 Å². The molecule has 1 saturated heterocycles. The number of nitrogens with zero attached hydrogens (tertiary/aromatic N) is 1. The van der Waals surface area contributed by atoms with E-state index in [-0.39, 0.29) is 0 Å². The van der Waals surface area contributed by atoms with Crippen LogP contribution >= 0.6 is 0 Å². The van der Waals surface area contributed by atoms with Crippen molar-refractivity contribution in [2.75, 3.05) is 13.7 Å². The molecule has 2 unspecified atom stereocenters. The van der Waals surface area contributed by atoms with Crippen LogP contribution in [0.3, 0.4) is 0 Å². The number of fused-ring (bicyclic) bond motifs is 1. The molecule has 3 nitrogen and oxygen atoms in total. The normalized spacial score (nSPS) is 20.5. The van der Waals surface area contributed by atoms with E-state index in [9.17, 15) is 0 Å². The van der Waals surface area contributed by atoms with Gasteiger partial charge in [-0.3, -0.25) is 4.98 Å². The van der Waals surface area contributed by atoms with Crippen molar-refractivity contribution in [3.8, 4) is 0 Å². The molecule has 0 radical (unpaired) electrons. The summed E-state index contributed by atoms with van der Waals surface area (Å²) in [6.45, 7) is 0.935. The zero-order chi connectivity index (χ0) is 14.5. The molecule has 21 heavy (non-hydrogen) atoms. The smallest absolute Gasteiger partial charge is 0.0575 e. The molecule has 1 aromatic heterocycles. The Morgan fingerprint density at radius 2 is 2.19 bits per heavy atom. The Bertz CT molecular complexity index is 573. The summed E-state index contributed by atoms with van der Waals surface area (Å²) in [5.74, 6) is 0. The summed E-state index contributed by atoms with van der Waals surface area (Å²) in [5.41, 5.74) is 1.30. The van der Waals surface area contributed by atoms with Gasteiger partial charge in [-0.1, -0.05) is 24.3 Å². The second-order valence-corrected chi connectivity index (χ2v) is 5.86. The number of hydrogen-bond acceptors (Lipinski definition) is 3. The number of aromatic nitrogens is 1. The van der Waals surface area contributed by atoms with Crippen LogP contribution in [0.25, 0.3) is 10.8 Å². The molecule has 1 fully saturated rings. The fourth-order valence-corrected chi connectivity index (χ4v) is 3.26. The van der Waals surface area contributed by atoms with Gasteiger partial charge in [0.1, 0.15) is 0 Å². The summed E-state index contributed by atoms with van der Waals surface area (Å²) in [6.07, 6.45) is 10.3. The Morgan fingerprint density at radius 3 is 3.00 bits per heavy atom. The maximum atomic E-state index is 5.85. The maximum absolute atomic E-state index is 5.85. The number of nitrogens with one attached hydrogen (secondary N) is 1. The molecule has 1 aromatic carbocycles. The molecule has 0 bridgehead atoms. The molecule has 0 saturated carbocycles. The first kappa shape index (κ1) is 14.5. The SMILES string of the molecule is CNC(CCC1CCCCO1)c1cncc2ccccc12. The summed E-state index contributed by atoms with van der Waals surface area (Å²) in [5, 5.41) is 5.97. The third-order valence-corrected chi connectivity index (χ3v) is 4.47. The molecule has 1 aliphatic rings. The quantitative estimate of drug-likeness (QED) is 0.905. The average molecular weight is 284 g/mol. The molecule has 3 heteroatoms. The Labute approximate surface area is 126 Å². The van der Waals surface area contributed by atoms with E-state index in [2.05, 4.69) is 34.6 Å². The summed E-state index contributed by atoms with van der Waals surface area (Å²) in [6, 6.07) is 8.83. The van der Waals surface area contributed by atoms with Gasteiger partial charge in [-0.25, -0.2) is 0 Å². The molecule has 2 aromatic rings. The van der Waals surface area contributed by atoms with E-state index in [1.807, 2.05) is 19.4 Å². The van der Waals surface area contributed by atoms with Crippen LogP contribution in [0.1, 0.15) is 43.7 Å². The first-order valence-corrected chi connectivity index (χ1v) is 8.00. The predicted octanol–water partition coefficient (Wildman–Crippen LogP) is 3.84. The zero-order valence-electron chi connectivity index (χ0n) is 12.7. The van der Waals surface area contributed by atoms with Crippen molar-refractivity contribution >= 4 is 10.8 Å². The van der Waals surface area contributed by atoms with E-state index in [1.54, 1.807) is 0 Å². The van der Waals surface area contributed by atoms with Crippen LogP contribution in [0.4, 0.5) is 0 Å². The second kappa shape index (κ2) is 7.01. The minimum atomic E-state index is 0.342. The standard InChI is InChI=1S/C18H24N2O/c1-19-18(10-9-15-7-4-5-11-21-15)17-13-20-12-14-6-2-3-8-16(14)17/h2-3,6,8,12-13,15,18-19H,4-5,7,9-11H2,1H3. The minimum Gasteiger partial charge on any atom is -0.378 e. The average Bonchev–Trinajstić information content (AvgIpc) is 2.56. The summed E-state index contributed by atoms with van der Waals surface area (Å²) in [4.78, 5) is 4.41. The first-order valence-electron chi connectivity index (χ1n) is 8.00. The van der Waals surface area contributed by atoms with E-state index in [0.717, 1.165) is 19.4 Å². The van der Waals surface area contributed by atoms with Gasteiger partial charge in [0.15, 0.2) is 0 Å². The molecule has 0 spiro atoms. The summed E-state index contributed by atoms with van der Waals surface area (Å²) in [7, 11) is 2.04. The van der Waals surface area contributed by atoms with Crippen molar-refractivity contribution in [2.24, 2.45) is 0 Å². The van der Waals surface area contributed by atoms with Crippen LogP contribution in [0.15, 0.2) is 36.7 Å². The molecule has 1 aliphatic heterocycles. The van der Waals surface area contributed by atoms with Gasteiger partial charge in [-0.05, 0) is 50.1 Å². The number of rotatable bonds is 5. The Kier molecular flexibility index (Phi) is 4.84. The molecular formula is C18H24N2O. The molecule has 2 atom stereocenters. The third kappa shape index (κ3) is 3.42. The largest absolute Gasteiger partial charge is 0.378 e. The van der Waals surface area contributed by atoms with Crippen LogP contribution in [0.5, 0.6) is 0 Å². The first-order chi connectivity index (χ1) is 10.4. The van der Waals surface area contributed by atoms with Gasteiger partial charge in [-0.2, -0.15) is 0 Å². The van der Waals surface area contributed by atoms with E-state index >= 15 is 0 Å². The van der Waals surface area contributed by atoms with Crippen molar-refractivity contribution in [2.45, 2.75) is 44.2 Å². The molecule has 0 amide bonds. The fourth-order valence-electron chi connectivity index (χ4n) is 3.26. The monoisotopic (exact) mass is 284 g/mol. The minimum absolute atomic E-state index is 0.342. The molecule has 3 rings (SSSR count). The van der Waals surface area contributed by atoms with Crippen LogP contribution in [0, 0.1) is 0 Å². The highest BCUT2D eigenvalue weighted by molar-refractivity contribution is 5.85.